The number of esters is 1. The van der Waals surface area contributed by atoms with E-state index in [1.807, 2.05) is 12.1 Å². The Morgan fingerprint density at radius 2 is 2.29 bits per heavy atom. The van der Waals surface area contributed by atoms with Crippen LogP contribution in [0.3, 0.4) is 0 Å². The van der Waals surface area contributed by atoms with Crippen molar-refractivity contribution in [2.24, 2.45) is 7.05 Å². The number of nitrogens with two attached hydrogens (primary N) is 1. The van der Waals surface area contributed by atoms with Crippen LogP contribution >= 0.6 is 11.8 Å². The molecule has 1 atom stereocenters. The average molecular weight is 303 g/mol. The number of thioether (sulfide) groups is 1. The van der Waals surface area contributed by atoms with Crippen molar-refractivity contribution >= 4 is 23.4 Å². The van der Waals surface area contributed by atoms with Gasteiger partial charge in [-0.05, 0) is 25.0 Å². The molecule has 0 fully saturated rings. The van der Waals surface area contributed by atoms with Gasteiger partial charge in [-0.1, -0.05) is 18.2 Å². The lowest BCUT2D eigenvalue weighted by Gasteiger charge is -2.10. The number of aryl methyl sites for hydroxylation is 2. The fourth-order valence-corrected chi connectivity index (χ4v) is 3.72. The van der Waals surface area contributed by atoms with Crippen LogP contribution in [0.25, 0.3) is 0 Å². The molecule has 21 heavy (non-hydrogen) atoms. The molecular formula is C15H17N3O2S. The van der Waals surface area contributed by atoms with E-state index in [4.69, 9.17) is 10.5 Å². The predicted octanol–water partition coefficient (Wildman–Crippen LogP) is 2.18. The van der Waals surface area contributed by atoms with Crippen LogP contribution < -0.4 is 5.73 Å². The first-order valence-corrected chi connectivity index (χ1v) is 7.65. The van der Waals surface area contributed by atoms with Crippen LogP contribution in [0.4, 0.5) is 5.69 Å². The van der Waals surface area contributed by atoms with E-state index in [-0.39, 0.29) is 5.25 Å². The predicted molar refractivity (Wildman–Crippen MR) is 82.4 cm³/mol. The Bertz CT molecular complexity index is 671. The Morgan fingerprint density at radius 3 is 2.95 bits per heavy atom. The Hall–Kier alpha value is -1.95. The normalized spacial score (nSPS) is 16.8. The van der Waals surface area contributed by atoms with Crippen LogP contribution in [0.2, 0.25) is 0 Å². The van der Waals surface area contributed by atoms with E-state index >= 15 is 0 Å². The van der Waals surface area contributed by atoms with Crippen LogP contribution in [0, 0.1) is 6.92 Å². The Labute approximate surface area is 127 Å². The van der Waals surface area contributed by atoms with Gasteiger partial charge in [-0.3, -0.25) is 4.68 Å². The van der Waals surface area contributed by atoms with Gasteiger partial charge in [0, 0.05) is 17.2 Å². The number of fused-ring (bicyclic) bond motifs is 1. The van der Waals surface area contributed by atoms with Crippen LogP contribution in [0.1, 0.15) is 21.7 Å². The molecule has 1 unspecified atom stereocenters. The van der Waals surface area contributed by atoms with Crippen molar-refractivity contribution in [1.29, 1.82) is 0 Å². The van der Waals surface area contributed by atoms with Gasteiger partial charge in [0.2, 0.25) is 0 Å². The highest BCUT2D eigenvalue weighted by atomic mass is 32.2. The molecule has 3 rings (SSSR count). The zero-order valence-electron chi connectivity index (χ0n) is 12.0. The average Bonchev–Trinajstić information content (AvgIpc) is 2.97. The monoisotopic (exact) mass is 303 g/mol. The highest BCUT2D eigenvalue weighted by Gasteiger charge is 2.25. The first kappa shape index (κ1) is 14.0. The molecule has 0 saturated carbocycles. The number of carbonyl (C=O) groups excluding carboxylic acids is 1. The van der Waals surface area contributed by atoms with Gasteiger partial charge in [0.1, 0.15) is 6.61 Å². The summed E-state index contributed by atoms with van der Waals surface area (Å²) in [5, 5.41) is 4.40. The summed E-state index contributed by atoms with van der Waals surface area (Å²) in [6, 6.07) is 8.28. The number of hydrogen-bond acceptors (Lipinski definition) is 5. The molecule has 1 aromatic heterocycles. The summed E-state index contributed by atoms with van der Waals surface area (Å²) in [7, 11) is 1.69. The first-order chi connectivity index (χ1) is 10.1. The van der Waals surface area contributed by atoms with Gasteiger partial charge in [-0.2, -0.15) is 5.10 Å². The minimum atomic E-state index is -0.410. The van der Waals surface area contributed by atoms with Crippen molar-refractivity contribution in [3.8, 4) is 0 Å². The third kappa shape index (κ3) is 2.63. The van der Waals surface area contributed by atoms with Crippen molar-refractivity contribution in [2.45, 2.75) is 23.5 Å². The molecule has 2 heterocycles. The molecule has 2 aromatic rings. The summed E-state index contributed by atoms with van der Waals surface area (Å²) in [6.45, 7) is 2.15. The molecule has 5 nitrogen and oxygen atoms in total. The smallest absolute Gasteiger partial charge is 0.358 e. The Morgan fingerprint density at radius 1 is 1.52 bits per heavy atom. The molecule has 110 valence electrons. The van der Waals surface area contributed by atoms with E-state index < -0.39 is 5.97 Å². The molecule has 0 saturated heterocycles. The number of aromatic nitrogens is 2. The molecule has 1 aliphatic heterocycles. The molecular weight excluding hydrogens is 286 g/mol. The summed E-state index contributed by atoms with van der Waals surface area (Å²) in [4.78, 5) is 13.4. The molecule has 0 radical (unpaired) electrons. The molecule has 0 spiro atoms. The maximum Gasteiger partial charge on any atom is 0.358 e. The lowest BCUT2D eigenvalue weighted by Crippen LogP contribution is -2.18. The number of benzene rings is 1. The fraction of sp³-hybridized carbons (Fsp3) is 0.333. The van der Waals surface area contributed by atoms with E-state index in [1.54, 1.807) is 25.7 Å². The Balaban J connectivity index is 1.63. The largest absolute Gasteiger partial charge is 0.460 e. The number of hydrogen-bond donors (Lipinski definition) is 1. The van der Waals surface area contributed by atoms with Crippen molar-refractivity contribution in [2.75, 3.05) is 12.3 Å². The molecule has 0 amide bonds. The van der Waals surface area contributed by atoms with Gasteiger partial charge < -0.3 is 10.5 Å². The number of ether oxygens (including phenoxy) is 1. The van der Waals surface area contributed by atoms with Crippen molar-refractivity contribution < 1.29 is 9.53 Å². The van der Waals surface area contributed by atoms with E-state index in [1.165, 1.54) is 15.1 Å². The van der Waals surface area contributed by atoms with Gasteiger partial charge in [-0.15, -0.1) is 11.8 Å². The van der Waals surface area contributed by atoms with E-state index in [0.29, 0.717) is 23.7 Å². The number of nitrogen functional groups attached to an aromatic ring is 1. The molecule has 0 bridgehead atoms. The van der Waals surface area contributed by atoms with Crippen molar-refractivity contribution in [1.82, 2.24) is 9.78 Å². The van der Waals surface area contributed by atoms with E-state index in [9.17, 15) is 4.79 Å². The van der Waals surface area contributed by atoms with E-state index in [2.05, 4.69) is 17.2 Å². The highest BCUT2D eigenvalue weighted by molar-refractivity contribution is 8.00. The molecule has 6 heteroatoms. The van der Waals surface area contributed by atoms with Crippen molar-refractivity contribution in [3.63, 3.8) is 0 Å². The van der Waals surface area contributed by atoms with Gasteiger partial charge in [-0.25, -0.2) is 4.79 Å². The quantitative estimate of drug-likeness (QED) is 0.880. The molecule has 1 aromatic carbocycles. The summed E-state index contributed by atoms with van der Waals surface area (Å²) in [5.74, 6) is -0.410. The number of carbonyl (C=O) groups is 1. The summed E-state index contributed by atoms with van der Waals surface area (Å²) in [5.41, 5.74) is 8.55. The summed E-state index contributed by atoms with van der Waals surface area (Å²) in [6.07, 6.45) is 0.925. The number of anilines is 1. The SMILES string of the molecule is Cc1nn(C)c(C(=O)OCC2Cc3ccccc3S2)c1N. The summed E-state index contributed by atoms with van der Waals surface area (Å²) < 4.78 is 6.89. The van der Waals surface area contributed by atoms with Gasteiger partial charge in [0.15, 0.2) is 5.69 Å². The first-order valence-electron chi connectivity index (χ1n) is 6.77. The lowest BCUT2D eigenvalue weighted by atomic mass is 10.1. The number of rotatable bonds is 3. The van der Waals surface area contributed by atoms with Crippen LogP contribution in [-0.2, 0) is 18.2 Å². The van der Waals surface area contributed by atoms with Gasteiger partial charge in [0.25, 0.3) is 0 Å². The molecule has 0 aliphatic carbocycles. The third-order valence-electron chi connectivity index (χ3n) is 3.58. The zero-order valence-corrected chi connectivity index (χ0v) is 12.8. The van der Waals surface area contributed by atoms with Gasteiger partial charge in [0.05, 0.1) is 11.4 Å². The van der Waals surface area contributed by atoms with Crippen LogP contribution in [0.15, 0.2) is 29.2 Å². The topological polar surface area (TPSA) is 70.1 Å². The van der Waals surface area contributed by atoms with Crippen LogP contribution in [0.5, 0.6) is 0 Å². The molecule has 2 N–H and O–H groups in total. The van der Waals surface area contributed by atoms with Crippen LogP contribution in [-0.4, -0.2) is 27.6 Å². The zero-order chi connectivity index (χ0) is 15.0. The second-order valence-electron chi connectivity index (χ2n) is 5.12. The maximum absolute atomic E-state index is 12.2. The highest BCUT2D eigenvalue weighted by Crippen LogP contribution is 2.36. The second kappa shape index (κ2) is 5.44. The standard InChI is InChI=1S/C15H17N3O2S/c1-9-13(16)14(18(2)17-9)15(19)20-8-11-7-10-5-3-4-6-12(10)21-11/h3-6,11H,7-8,16H2,1-2H3. The molecule has 1 aliphatic rings. The minimum absolute atomic E-state index is 0.266. The number of nitrogens with zero attached hydrogens (tertiary/aromatic N) is 2. The third-order valence-corrected chi connectivity index (χ3v) is 4.86. The van der Waals surface area contributed by atoms with Crippen molar-refractivity contribution in [3.05, 3.63) is 41.2 Å². The second-order valence-corrected chi connectivity index (χ2v) is 6.46. The van der Waals surface area contributed by atoms with E-state index in [0.717, 1.165) is 6.42 Å². The summed E-state index contributed by atoms with van der Waals surface area (Å²) >= 11 is 1.76. The lowest BCUT2D eigenvalue weighted by molar-refractivity contribution is 0.0495. The van der Waals surface area contributed by atoms with Gasteiger partial charge >= 0.3 is 5.97 Å². The maximum atomic E-state index is 12.2. The minimum Gasteiger partial charge on any atom is -0.460 e. The Kier molecular flexibility index (Phi) is 3.63. The fourth-order valence-electron chi connectivity index (χ4n) is 2.50.